The van der Waals surface area contributed by atoms with Crippen molar-refractivity contribution in [2.24, 2.45) is 11.7 Å². The number of pyridine rings is 1. The van der Waals surface area contributed by atoms with E-state index in [4.69, 9.17) is 10.5 Å². The minimum Gasteiger partial charge on any atom is -0.505 e. The molecule has 3 aliphatic rings. The molecule has 268 valence electrons. The summed E-state index contributed by atoms with van der Waals surface area (Å²) in [4.78, 5) is 69.0. The number of phenolic OH excluding ortho intramolecular Hbond substituents is 1. The van der Waals surface area contributed by atoms with Crippen LogP contribution in [0, 0.1) is 12.8 Å². The number of alkyl halides is 2. The first kappa shape index (κ1) is 34.3. The molecule has 5 N–H and O–H groups in total. The number of nitrogens with zero attached hydrogens (tertiary/aromatic N) is 2. The van der Waals surface area contributed by atoms with Crippen LogP contribution in [0.25, 0.3) is 10.9 Å². The largest absolute Gasteiger partial charge is 0.586 e. The number of fused-ring (bicyclic) bond motifs is 3. The van der Waals surface area contributed by atoms with Gasteiger partial charge in [-0.3, -0.25) is 39.2 Å². The first-order valence-electron chi connectivity index (χ1n) is 16.3. The van der Waals surface area contributed by atoms with Crippen molar-refractivity contribution in [1.82, 2.24) is 15.2 Å². The van der Waals surface area contributed by atoms with Gasteiger partial charge >= 0.3 is 6.29 Å². The third kappa shape index (κ3) is 6.10. The number of phenols is 1. The van der Waals surface area contributed by atoms with Gasteiger partial charge in [0.15, 0.2) is 11.5 Å². The van der Waals surface area contributed by atoms with E-state index >= 15 is 0 Å². The van der Waals surface area contributed by atoms with Gasteiger partial charge in [-0.15, -0.1) is 8.78 Å². The molecule has 0 radical (unpaired) electrons. The highest BCUT2D eigenvalue weighted by atomic mass is 19.3. The fraction of sp³-hybridized carbons (Fsp3) is 0.278. The quantitative estimate of drug-likeness (QED) is 0.131. The van der Waals surface area contributed by atoms with Crippen LogP contribution in [0.1, 0.15) is 56.2 Å². The number of primary amides is 1. The van der Waals surface area contributed by atoms with E-state index in [2.05, 4.69) is 25.1 Å². The standard InChI is InChI=1S/C36H31F2N5O9/c1-17-14-21(31(45)30-19(17)5-3-11-41-30)28(18-7-9-25-26(15-18)52-36(37,38)51-25)22(32(39)46)16-50-13-12-40-23-6-2-4-20-29(23)35(49)43(34(20)48)24-8-10-27(44)42-33(24)47/h2-7,9,11,14-15,22,24,28,40,45H,8,10,12-13,16H2,1H3,(H2,39,46)(H,42,44,47). The molecule has 1 aromatic heterocycles. The van der Waals surface area contributed by atoms with E-state index in [9.17, 15) is 37.9 Å². The van der Waals surface area contributed by atoms with Crippen LogP contribution in [0.3, 0.4) is 0 Å². The Morgan fingerprint density at radius 3 is 2.67 bits per heavy atom. The smallest absolute Gasteiger partial charge is 0.505 e. The number of carbonyl (C=O) groups excluding carboxylic acids is 5. The molecule has 52 heavy (non-hydrogen) atoms. The zero-order valence-electron chi connectivity index (χ0n) is 27.5. The number of hydrogen-bond donors (Lipinski definition) is 4. The summed E-state index contributed by atoms with van der Waals surface area (Å²) in [6.07, 6.45) is -2.38. The summed E-state index contributed by atoms with van der Waals surface area (Å²) < 4.78 is 43.0. The van der Waals surface area contributed by atoms with Crippen molar-refractivity contribution in [3.63, 3.8) is 0 Å². The van der Waals surface area contributed by atoms with Crippen LogP contribution < -0.4 is 25.8 Å². The Balaban J connectivity index is 1.11. The maximum absolute atomic E-state index is 13.9. The van der Waals surface area contributed by atoms with Crippen molar-refractivity contribution in [1.29, 1.82) is 0 Å². The first-order valence-corrected chi connectivity index (χ1v) is 16.3. The van der Waals surface area contributed by atoms with Crippen LogP contribution in [0.4, 0.5) is 14.5 Å². The summed E-state index contributed by atoms with van der Waals surface area (Å²) in [5.41, 5.74) is 7.94. The molecule has 5 amide bonds. The summed E-state index contributed by atoms with van der Waals surface area (Å²) in [7, 11) is 0. The molecule has 1 fully saturated rings. The van der Waals surface area contributed by atoms with E-state index in [0.717, 1.165) is 10.5 Å². The molecule has 4 heterocycles. The highest BCUT2D eigenvalue weighted by molar-refractivity contribution is 6.25. The van der Waals surface area contributed by atoms with Gasteiger partial charge in [0.2, 0.25) is 17.7 Å². The van der Waals surface area contributed by atoms with Gasteiger partial charge in [0.25, 0.3) is 11.8 Å². The van der Waals surface area contributed by atoms with Gasteiger partial charge in [-0.1, -0.05) is 24.3 Å². The van der Waals surface area contributed by atoms with Crippen molar-refractivity contribution in [3.8, 4) is 17.2 Å². The van der Waals surface area contributed by atoms with E-state index in [1.807, 2.05) is 0 Å². The summed E-state index contributed by atoms with van der Waals surface area (Å²) in [6.45, 7) is 1.58. The maximum atomic E-state index is 13.9. The molecule has 3 unspecified atom stereocenters. The summed E-state index contributed by atoms with van der Waals surface area (Å²) in [5.74, 6) is -6.22. The Morgan fingerprint density at radius 1 is 1.12 bits per heavy atom. The van der Waals surface area contributed by atoms with Gasteiger partial charge in [-0.05, 0) is 54.8 Å². The predicted octanol–water partition coefficient (Wildman–Crippen LogP) is 3.33. The number of nitrogens with two attached hydrogens (primary N) is 1. The number of carbonyl (C=O) groups is 5. The second-order valence-corrected chi connectivity index (χ2v) is 12.6. The molecule has 3 atom stereocenters. The average molecular weight is 716 g/mol. The fourth-order valence-corrected chi connectivity index (χ4v) is 6.93. The van der Waals surface area contributed by atoms with Crippen molar-refractivity contribution in [2.45, 2.75) is 38.0 Å². The second kappa shape index (κ2) is 13.2. The number of benzene rings is 3. The van der Waals surface area contributed by atoms with Gasteiger partial charge in [0.05, 0.1) is 30.3 Å². The lowest BCUT2D eigenvalue weighted by Crippen LogP contribution is -2.54. The van der Waals surface area contributed by atoms with E-state index in [1.165, 1.54) is 30.5 Å². The number of piperidine rings is 1. The molecule has 14 nitrogen and oxygen atoms in total. The maximum Gasteiger partial charge on any atom is 0.586 e. The van der Waals surface area contributed by atoms with E-state index < -0.39 is 53.7 Å². The van der Waals surface area contributed by atoms with Gasteiger partial charge in [0, 0.05) is 41.7 Å². The minimum atomic E-state index is -3.89. The summed E-state index contributed by atoms with van der Waals surface area (Å²) >= 11 is 0. The first-order chi connectivity index (χ1) is 24.8. The van der Waals surface area contributed by atoms with E-state index in [-0.39, 0.29) is 72.1 Å². The highest BCUT2D eigenvalue weighted by Crippen LogP contribution is 2.46. The lowest BCUT2D eigenvalue weighted by atomic mass is 9.79. The van der Waals surface area contributed by atoms with Crippen LogP contribution in [0.2, 0.25) is 0 Å². The van der Waals surface area contributed by atoms with Crippen LogP contribution in [0.15, 0.2) is 60.8 Å². The van der Waals surface area contributed by atoms with E-state index in [1.54, 1.807) is 37.3 Å². The Hall–Kier alpha value is -6.16. The molecule has 0 saturated carbocycles. The molecule has 0 bridgehead atoms. The summed E-state index contributed by atoms with van der Waals surface area (Å²) in [5, 5.41) is 17.3. The van der Waals surface area contributed by atoms with E-state index in [0.29, 0.717) is 16.6 Å². The molecular weight excluding hydrogens is 684 g/mol. The van der Waals surface area contributed by atoms with Gasteiger partial charge in [-0.25, -0.2) is 0 Å². The fourth-order valence-electron chi connectivity index (χ4n) is 6.93. The van der Waals surface area contributed by atoms with Gasteiger partial charge in [0.1, 0.15) is 17.3 Å². The minimum absolute atomic E-state index is 0.0129. The zero-order chi connectivity index (χ0) is 36.9. The molecule has 3 aromatic carbocycles. The van der Waals surface area contributed by atoms with Crippen LogP contribution in [-0.2, 0) is 19.1 Å². The summed E-state index contributed by atoms with van der Waals surface area (Å²) in [6, 6.07) is 12.7. The zero-order valence-corrected chi connectivity index (χ0v) is 27.5. The molecule has 16 heteroatoms. The number of anilines is 1. The van der Waals surface area contributed by atoms with Crippen LogP contribution >= 0.6 is 0 Å². The number of imide groups is 2. The highest BCUT2D eigenvalue weighted by Gasteiger charge is 2.46. The monoisotopic (exact) mass is 715 g/mol. The molecule has 4 aromatic rings. The molecule has 0 aliphatic carbocycles. The molecule has 1 saturated heterocycles. The number of ether oxygens (including phenoxy) is 3. The number of amides is 5. The molecular formula is C36H31F2N5O9. The van der Waals surface area contributed by atoms with Crippen LogP contribution in [0.5, 0.6) is 17.2 Å². The Kier molecular flexibility index (Phi) is 8.70. The Morgan fingerprint density at radius 2 is 1.90 bits per heavy atom. The normalized spacial score (nSPS) is 18.7. The Bertz CT molecular complexity index is 2180. The molecule has 3 aliphatic heterocycles. The average Bonchev–Trinajstić information content (AvgIpc) is 3.56. The van der Waals surface area contributed by atoms with Crippen molar-refractivity contribution < 1.29 is 52.1 Å². The second-order valence-electron chi connectivity index (χ2n) is 12.6. The van der Waals surface area contributed by atoms with Gasteiger partial charge < -0.3 is 30.4 Å². The number of hydrogen-bond acceptors (Lipinski definition) is 11. The third-order valence-corrected chi connectivity index (χ3v) is 9.32. The van der Waals surface area contributed by atoms with Crippen molar-refractivity contribution in [2.75, 3.05) is 25.1 Å². The van der Waals surface area contributed by atoms with Gasteiger partial charge in [-0.2, -0.15) is 0 Å². The number of nitrogens with one attached hydrogen (secondary N) is 2. The SMILES string of the molecule is Cc1cc(C(c2ccc3c(c2)OC(F)(F)O3)C(COCCNc2cccc3c2C(=O)N(C2CCC(=O)NC2=O)C3=O)C(N)=O)c(O)c2ncccc12. The third-order valence-electron chi connectivity index (χ3n) is 9.32. The number of aromatic nitrogens is 1. The van der Waals surface area contributed by atoms with Crippen molar-refractivity contribution >= 4 is 46.1 Å². The number of rotatable bonds is 11. The topological polar surface area (TPSA) is 199 Å². The lowest BCUT2D eigenvalue weighted by molar-refractivity contribution is -0.286. The molecule has 0 spiro atoms. The Labute approximate surface area is 293 Å². The predicted molar refractivity (Wildman–Crippen MR) is 178 cm³/mol. The molecule has 7 rings (SSSR count). The van der Waals surface area contributed by atoms with Crippen LogP contribution in [-0.4, -0.2) is 76.6 Å². The number of halogens is 2. The number of aromatic hydroxyl groups is 1. The lowest BCUT2D eigenvalue weighted by Gasteiger charge is -2.28. The van der Waals surface area contributed by atoms with Crippen molar-refractivity contribution in [3.05, 3.63) is 88.6 Å². The number of aryl methyl sites for hydroxylation is 1.